The Morgan fingerprint density at radius 2 is 1.90 bits per heavy atom. The summed E-state index contributed by atoms with van der Waals surface area (Å²) >= 11 is 0. The van der Waals surface area contributed by atoms with Gasteiger partial charge in [0, 0.05) is 38.6 Å². The number of morpholine rings is 1. The highest BCUT2D eigenvalue weighted by Crippen LogP contribution is 2.31. The number of carbonyl (C=O) groups excluding carboxylic acids is 2. The van der Waals surface area contributed by atoms with E-state index in [0.29, 0.717) is 30.8 Å². The van der Waals surface area contributed by atoms with Crippen LogP contribution in [-0.4, -0.2) is 68.8 Å². The van der Waals surface area contributed by atoms with Gasteiger partial charge >= 0.3 is 0 Å². The van der Waals surface area contributed by atoms with Gasteiger partial charge in [0.2, 0.25) is 5.91 Å². The molecule has 1 aromatic rings. The number of carbonyl (C=O) groups is 2. The fourth-order valence-electron chi connectivity index (χ4n) is 4.26. The van der Waals surface area contributed by atoms with Gasteiger partial charge in [0.05, 0.1) is 18.9 Å². The first-order chi connectivity index (χ1) is 14.1. The van der Waals surface area contributed by atoms with Crippen LogP contribution >= 0.6 is 0 Å². The van der Waals surface area contributed by atoms with Gasteiger partial charge in [-0.05, 0) is 18.1 Å². The van der Waals surface area contributed by atoms with Crippen molar-refractivity contribution in [1.82, 2.24) is 10.2 Å². The van der Waals surface area contributed by atoms with Gasteiger partial charge in [0.15, 0.2) is 6.61 Å². The SMILES string of the molecule is CCC(CC)C(CNC(=O)CCN1C(=O)COc2ccccc21)N1CCOCC1. The number of anilines is 1. The van der Waals surface area contributed by atoms with E-state index in [2.05, 4.69) is 24.1 Å². The zero-order valence-corrected chi connectivity index (χ0v) is 17.6. The molecule has 3 rings (SSSR count). The molecule has 1 aromatic carbocycles. The maximum atomic E-state index is 12.6. The Morgan fingerprint density at radius 1 is 1.17 bits per heavy atom. The van der Waals surface area contributed by atoms with Crippen molar-refractivity contribution in [3.63, 3.8) is 0 Å². The molecular weight excluding hydrogens is 370 g/mol. The van der Waals surface area contributed by atoms with E-state index in [0.717, 1.165) is 44.8 Å². The largest absolute Gasteiger partial charge is 0.482 e. The molecule has 2 aliphatic heterocycles. The minimum absolute atomic E-state index is 0.0203. The highest BCUT2D eigenvalue weighted by atomic mass is 16.5. The predicted octanol–water partition coefficient (Wildman–Crippen LogP) is 2.06. The Kier molecular flexibility index (Phi) is 7.89. The van der Waals surface area contributed by atoms with Crippen LogP contribution < -0.4 is 15.0 Å². The molecule has 1 unspecified atom stereocenters. The lowest BCUT2D eigenvalue weighted by molar-refractivity contribution is -0.122. The third-order valence-electron chi connectivity index (χ3n) is 5.99. The molecule has 1 fully saturated rings. The van der Waals surface area contributed by atoms with E-state index in [1.54, 1.807) is 4.90 Å². The minimum atomic E-state index is -0.111. The van der Waals surface area contributed by atoms with Gasteiger partial charge in [-0.25, -0.2) is 0 Å². The molecule has 1 N–H and O–H groups in total. The van der Waals surface area contributed by atoms with Crippen molar-refractivity contribution in [3.05, 3.63) is 24.3 Å². The summed E-state index contributed by atoms with van der Waals surface area (Å²) in [5.41, 5.74) is 0.736. The molecule has 29 heavy (non-hydrogen) atoms. The van der Waals surface area contributed by atoms with Gasteiger partial charge in [-0.2, -0.15) is 0 Å². The van der Waals surface area contributed by atoms with Crippen molar-refractivity contribution < 1.29 is 19.1 Å². The maximum Gasteiger partial charge on any atom is 0.265 e. The molecule has 160 valence electrons. The number of amides is 2. The summed E-state index contributed by atoms with van der Waals surface area (Å²) in [5, 5.41) is 3.12. The second kappa shape index (κ2) is 10.6. The summed E-state index contributed by atoms with van der Waals surface area (Å²) in [5.74, 6) is 1.10. The van der Waals surface area contributed by atoms with E-state index in [4.69, 9.17) is 9.47 Å². The van der Waals surface area contributed by atoms with E-state index >= 15 is 0 Å². The summed E-state index contributed by atoms with van der Waals surface area (Å²) in [4.78, 5) is 28.9. The molecule has 1 atom stereocenters. The van der Waals surface area contributed by atoms with Gasteiger partial charge in [-0.3, -0.25) is 14.5 Å². The zero-order chi connectivity index (χ0) is 20.6. The van der Waals surface area contributed by atoms with Crippen molar-refractivity contribution >= 4 is 17.5 Å². The van der Waals surface area contributed by atoms with Crippen molar-refractivity contribution in [3.8, 4) is 5.75 Å². The van der Waals surface area contributed by atoms with Gasteiger partial charge in [-0.15, -0.1) is 0 Å². The highest BCUT2D eigenvalue weighted by Gasteiger charge is 2.28. The molecule has 7 nitrogen and oxygen atoms in total. The van der Waals surface area contributed by atoms with Crippen LogP contribution in [-0.2, 0) is 14.3 Å². The highest BCUT2D eigenvalue weighted by molar-refractivity contribution is 5.98. The summed E-state index contributed by atoms with van der Waals surface area (Å²) in [6.07, 6.45) is 2.46. The van der Waals surface area contributed by atoms with Gasteiger partial charge in [-0.1, -0.05) is 38.8 Å². The molecule has 0 aliphatic carbocycles. The molecule has 7 heteroatoms. The monoisotopic (exact) mass is 403 g/mol. The van der Waals surface area contributed by atoms with E-state index in [1.807, 2.05) is 24.3 Å². The molecule has 0 saturated carbocycles. The first-order valence-electron chi connectivity index (χ1n) is 10.7. The van der Waals surface area contributed by atoms with Crippen LogP contribution in [0.15, 0.2) is 24.3 Å². The molecule has 2 aliphatic rings. The molecule has 0 bridgehead atoms. The number of hydrogen-bond acceptors (Lipinski definition) is 5. The Hall–Kier alpha value is -2.12. The first kappa shape index (κ1) is 21.6. The number of nitrogens with one attached hydrogen (secondary N) is 1. The quantitative estimate of drug-likeness (QED) is 0.683. The number of benzene rings is 1. The second-order valence-electron chi connectivity index (χ2n) is 7.65. The third-order valence-corrected chi connectivity index (χ3v) is 5.99. The molecular formula is C22H33N3O4. The van der Waals surface area contributed by atoms with Gasteiger partial charge in [0.25, 0.3) is 5.91 Å². The summed E-state index contributed by atoms with van der Waals surface area (Å²) < 4.78 is 11.0. The van der Waals surface area contributed by atoms with Gasteiger partial charge < -0.3 is 19.7 Å². The normalized spacial score (nSPS) is 18.3. The predicted molar refractivity (Wildman–Crippen MR) is 112 cm³/mol. The average Bonchev–Trinajstić information content (AvgIpc) is 2.76. The van der Waals surface area contributed by atoms with Crippen molar-refractivity contribution in [1.29, 1.82) is 0 Å². The zero-order valence-electron chi connectivity index (χ0n) is 17.6. The molecule has 0 spiro atoms. The van der Waals surface area contributed by atoms with E-state index in [9.17, 15) is 9.59 Å². The van der Waals surface area contributed by atoms with Crippen molar-refractivity contribution in [2.45, 2.75) is 39.2 Å². The van der Waals surface area contributed by atoms with Crippen molar-refractivity contribution in [2.24, 2.45) is 5.92 Å². The number of ether oxygens (including phenoxy) is 2. The fraction of sp³-hybridized carbons (Fsp3) is 0.636. The van der Waals surface area contributed by atoms with Crippen molar-refractivity contribution in [2.75, 3.05) is 50.9 Å². The van der Waals surface area contributed by atoms with Crippen LogP contribution in [0.4, 0.5) is 5.69 Å². The maximum absolute atomic E-state index is 12.6. The standard InChI is InChI=1S/C22H33N3O4/c1-3-17(4-2)19(24-11-13-28-14-12-24)15-23-21(26)9-10-25-18-7-5-6-8-20(18)29-16-22(25)27/h5-8,17,19H,3-4,9-16H2,1-2H3,(H,23,26). The first-order valence-corrected chi connectivity index (χ1v) is 10.7. The minimum Gasteiger partial charge on any atom is -0.482 e. The lowest BCUT2D eigenvalue weighted by atomic mass is 9.92. The van der Waals surface area contributed by atoms with Crippen LogP contribution in [0, 0.1) is 5.92 Å². The lowest BCUT2D eigenvalue weighted by Gasteiger charge is -2.38. The molecule has 1 saturated heterocycles. The van der Waals surface area contributed by atoms with E-state index < -0.39 is 0 Å². The van der Waals surface area contributed by atoms with Crippen LogP contribution in [0.3, 0.4) is 0 Å². The molecule has 0 radical (unpaired) electrons. The van der Waals surface area contributed by atoms with E-state index in [-0.39, 0.29) is 24.8 Å². The summed E-state index contributed by atoms with van der Waals surface area (Å²) in [6, 6.07) is 7.77. The second-order valence-corrected chi connectivity index (χ2v) is 7.65. The van der Waals surface area contributed by atoms with Crippen LogP contribution in [0.25, 0.3) is 0 Å². The number of rotatable bonds is 9. The Morgan fingerprint density at radius 3 is 2.62 bits per heavy atom. The third kappa shape index (κ3) is 5.48. The Balaban J connectivity index is 1.54. The Labute approximate surface area is 173 Å². The number of fused-ring (bicyclic) bond motifs is 1. The number of para-hydroxylation sites is 2. The van der Waals surface area contributed by atoms with Gasteiger partial charge in [0.1, 0.15) is 5.75 Å². The average molecular weight is 404 g/mol. The topological polar surface area (TPSA) is 71.1 Å². The van der Waals surface area contributed by atoms with Crippen LogP contribution in [0.5, 0.6) is 5.75 Å². The number of hydrogen-bond donors (Lipinski definition) is 1. The fourth-order valence-corrected chi connectivity index (χ4v) is 4.26. The molecule has 2 heterocycles. The number of nitrogens with zero attached hydrogens (tertiary/aromatic N) is 2. The van der Waals surface area contributed by atoms with E-state index in [1.165, 1.54) is 0 Å². The molecule has 2 amide bonds. The lowest BCUT2D eigenvalue weighted by Crippen LogP contribution is -2.52. The van der Waals surface area contributed by atoms with Crippen LogP contribution in [0.1, 0.15) is 33.1 Å². The summed E-state index contributed by atoms with van der Waals surface area (Å²) in [7, 11) is 0. The summed E-state index contributed by atoms with van der Waals surface area (Å²) in [6.45, 7) is 8.78. The smallest absolute Gasteiger partial charge is 0.265 e. The molecule has 0 aromatic heterocycles. The Bertz CT molecular complexity index is 686. The van der Waals surface area contributed by atoms with Crippen LogP contribution in [0.2, 0.25) is 0 Å².